The van der Waals surface area contributed by atoms with Gasteiger partial charge in [-0.3, -0.25) is 0 Å². The summed E-state index contributed by atoms with van der Waals surface area (Å²) in [7, 11) is 1.68. The minimum Gasteiger partial charge on any atom is -0.382 e. The molecule has 0 radical (unpaired) electrons. The Kier molecular flexibility index (Phi) is 8.51. The Hall–Kier alpha value is -0.340. The topological polar surface area (TPSA) is 18.5 Å². The van der Waals surface area contributed by atoms with Crippen molar-refractivity contribution in [2.75, 3.05) is 26.9 Å². The monoisotopic (exact) mass is 172 g/mol. The third-order valence-electron chi connectivity index (χ3n) is 1.57. The number of methoxy groups -OCH3 is 1. The van der Waals surface area contributed by atoms with Crippen LogP contribution in [0.3, 0.4) is 0 Å². The van der Waals surface area contributed by atoms with Gasteiger partial charge in [0, 0.05) is 13.7 Å². The molecule has 0 aliphatic rings. The van der Waals surface area contributed by atoms with Crippen LogP contribution < -0.4 is 0 Å². The maximum Gasteiger partial charge on any atom is 0.0700 e. The smallest absolute Gasteiger partial charge is 0.0700 e. The normalized spacial score (nSPS) is 10.2. The second-order valence-electron chi connectivity index (χ2n) is 3.02. The molecular weight excluding hydrogens is 152 g/mol. The molecule has 0 aromatic rings. The summed E-state index contributed by atoms with van der Waals surface area (Å²) < 4.78 is 10.1. The Labute approximate surface area is 75.6 Å². The number of hydrogen-bond donors (Lipinski definition) is 0. The van der Waals surface area contributed by atoms with Gasteiger partial charge in [-0.05, 0) is 26.2 Å². The summed E-state index contributed by atoms with van der Waals surface area (Å²) in [6.45, 7) is 8.15. The van der Waals surface area contributed by atoms with Gasteiger partial charge in [0.15, 0.2) is 0 Å². The molecule has 0 heterocycles. The summed E-state index contributed by atoms with van der Waals surface area (Å²) in [5, 5.41) is 0. The van der Waals surface area contributed by atoms with E-state index in [1.54, 1.807) is 7.11 Å². The van der Waals surface area contributed by atoms with E-state index < -0.39 is 0 Å². The lowest BCUT2D eigenvalue weighted by Gasteiger charge is -2.02. The Morgan fingerprint density at radius 3 is 2.50 bits per heavy atom. The highest BCUT2D eigenvalue weighted by molar-refractivity contribution is 4.86. The summed E-state index contributed by atoms with van der Waals surface area (Å²) in [6.07, 6.45) is 3.42. The molecule has 0 spiro atoms. The largest absolute Gasteiger partial charge is 0.382 e. The van der Waals surface area contributed by atoms with E-state index in [1.807, 2.05) is 0 Å². The summed E-state index contributed by atoms with van der Waals surface area (Å²) in [5.74, 6) is 0. The lowest BCUT2D eigenvalue weighted by Crippen LogP contribution is -2.02. The molecule has 0 fully saturated rings. The van der Waals surface area contributed by atoms with Crippen molar-refractivity contribution in [3.63, 3.8) is 0 Å². The zero-order valence-electron chi connectivity index (χ0n) is 8.27. The standard InChI is InChI=1S/C10H20O2/c1-10(2)6-4-5-7-12-9-8-11-3/h1,4-9H2,2-3H3. The van der Waals surface area contributed by atoms with E-state index in [0.717, 1.165) is 19.4 Å². The second-order valence-corrected chi connectivity index (χ2v) is 3.02. The first kappa shape index (κ1) is 11.7. The van der Waals surface area contributed by atoms with E-state index in [4.69, 9.17) is 9.47 Å². The van der Waals surface area contributed by atoms with Crippen molar-refractivity contribution in [3.8, 4) is 0 Å². The lowest BCUT2D eigenvalue weighted by atomic mass is 10.1. The molecular formula is C10H20O2. The van der Waals surface area contributed by atoms with Crippen molar-refractivity contribution in [2.24, 2.45) is 0 Å². The summed E-state index contributed by atoms with van der Waals surface area (Å²) in [5.41, 5.74) is 1.26. The molecule has 0 atom stereocenters. The van der Waals surface area contributed by atoms with Crippen LogP contribution in [0.15, 0.2) is 12.2 Å². The molecule has 0 N–H and O–H groups in total. The summed E-state index contributed by atoms with van der Waals surface area (Å²) in [6, 6.07) is 0. The Balaban J connectivity index is 2.86. The zero-order chi connectivity index (χ0) is 9.23. The highest BCUT2D eigenvalue weighted by Gasteiger charge is 1.90. The first-order chi connectivity index (χ1) is 5.77. The zero-order valence-corrected chi connectivity index (χ0v) is 8.27. The average Bonchev–Trinajstić information content (AvgIpc) is 2.02. The lowest BCUT2D eigenvalue weighted by molar-refractivity contribution is 0.0688. The SMILES string of the molecule is C=C(C)CCCCOCCOC. The van der Waals surface area contributed by atoms with Crippen molar-refractivity contribution in [3.05, 3.63) is 12.2 Å². The fraction of sp³-hybridized carbons (Fsp3) is 0.800. The summed E-state index contributed by atoms with van der Waals surface area (Å²) in [4.78, 5) is 0. The predicted octanol–water partition coefficient (Wildman–Crippen LogP) is 2.40. The molecule has 0 rings (SSSR count). The first-order valence-corrected chi connectivity index (χ1v) is 4.48. The summed E-state index contributed by atoms with van der Waals surface area (Å²) >= 11 is 0. The minimum absolute atomic E-state index is 0.695. The second kappa shape index (κ2) is 8.75. The van der Waals surface area contributed by atoms with Crippen molar-refractivity contribution in [1.82, 2.24) is 0 Å². The van der Waals surface area contributed by atoms with Crippen molar-refractivity contribution in [2.45, 2.75) is 26.2 Å². The predicted molar refractivity (Wildman–Crippen MR) is 51.4 cm³/mol. The quantitative estimate of drug-likeness (QED) is 0.413. The molecule has 2 heteroatoms. The number of hydrogen-bond acceptors (Lipinski definition) is 2. The average molecular weight is 172 g/mol. The number of unbranched alkanes of at least 4 members (excludes halogenated alkanes) is 1. The van der Waals surface area contributed by atoms with E-state index in [9.17, 15) is 0 Å². The van der Waals surface area contributed by atoms with E-state index in [1.165, 1.54) is 12.0 Å². The van der Waals surface area contributed by atoms with Crippen molar-refractivity contribution in [1.29, 1.82) is 0 Å². The van der Waals surface area contributed by atoms with Crippen LogP contribution in [0.4, 0.5) is 0 Å². The van der Waals surface area contributed by atoms with Crippen LogP contribution in [-0.4, -0.2) is 26.9 Å². The molecule has 0 saturated carbocycles. The molecule has 0 bridgehead atoms. The molecule has 12 heavy (non-hydrogen) atoms. The molecule has 0 aromatic carbocycles. The van der Waals surface area contributed by atoms with Gasteiger partial charge in [-0.15, -0.1) is 6.58 Å². The van der Waals surface area contributed by atoms with E-state index in [2.05, 4.69) is 13.5 Å². The van der Waals surface area contributed by atoms with Crippen molar-refractivity contribution < 1.29 is 9.47 Å². The highest BCUT2D eigenvalue weighted by Crippen LogP contribution is 2.03. The van der Waals surface area contributed by atoms with Crippen LogP contribution in [0.5, 0.6) is 0 Å². The first-order valence-electron chi connectivity index (χ1n) is 4.48. The highest BCUT2D eigenvalue weighted by atomic mass is 16.5. The fourth-order valence-electron chi connectivity index (χ4n) is 0.875. The van der Waals surface area contributed by atoms with Crippen LogP contribution >= 0.6 is 0 Å². The molecule has 0 aliphatic heterocycles. The third kappa shape index (κ3) is 9.66. The number of rotatable bonds is 8. The van der Waals surface area contributed by atoms with Gasteiger partial charge in [0.1, 0.15) is 0 Å². The number of ether oxygens (including phenoxy) is 2. The maximum atomic E-state index is 5.30. The Morgan fingerprint density at radius 1 is 1.17 bits per heavy atom. The molecule has 72 valence electrons. The molecule has 0 amide bonds. The van der Waals surface area contributed by atoms with Crippen LogP contribution in [0, 0.1) is 0 Å². The van der Waals surface area contributed by atoms with Crippen LogP contribution in [0.2, 0.25) is 0 Å². The Bertz CT molecular complexity index is 110. The van der Waals surface area contributed by atoms with Crippen LogP contribution in [0.1, 0.15) is 26.2 Å². The Morgan fingerprint density at radius 2 is 1.92 bits per heavy atom. The molecule has 0 saturated heterocycles. The van der Waals surface area contributed by atoms with Crippen LogP contribution in [-0.2, 0) is 9.47 Å². The third-order valence-corrected chi connectivity index (χ3v) is 1.57. The van der Waals surface area contributed by atoms with E-state index in [-0.39, 0.29) is 0 Å². The van der Waals surface area contributed by atoms with Crippen LogP contribution in [0.25, 0.3) is 0 Å². The van der Waals surface area contributed by atoms with E-state index >= 15 is 0 Å². The van der Waals surface area contributed by atoms with Gasteiger partial charge in [-0.2, -0.15) is 0 Å². The van der Waals surface area contributed by atoms with Gasteiger partial charge in [0.05, 0.1) is 13.2 Å². The molecule has 0 aliphatic carbocycles. The van der Waals surface area contributed by atoms with Gasteiger partial charge in [0.25, 0.3) is 0 Å². The van der Waals surface area contributed by atoms with Gasteiger partial charge in [-0.1, -0.05) is 5.57 Å². The van der Waals surface area contributed by atoms with Gasteiger partial charge in [0.2, 0.25) is 0 Å². The van der Waals surface area contributed by atoms with Gasteiger partial charge < -0.3 is 9.47 Å². The number of allylic oxidation sites excluding steroid dienone is 1. The minimum atomic E-state index is 0.695. The van der Waals surface area contributed by atoms with Crippen molar-refractivity contribution >= 4 is 0 Å². The maximum absolute atomic E-state index is 5.30. The van der Waals surface area contributed by atoms with Gasteiger partial charge in [-0.25, -0.2) is 0 Å². The molecule has 0 unspecified atom stereocenters. The molecule has 2 nitrogen and oxygen atoms in total. The molecule has 0 aromatic heterocycles. The van der Waals surface area contributed by atoms with E-state index in [0.29, 0.717) is 13.2 Å². The van der Waals surface area contributed by atoms with Gasteiger partial charge >= 0.3 is 0 Å². The fourth-order valence-corrected chi connectivity index (χ4v) is 0.875.